The smallest absolute Gasteiger partial charge is 0.254 e. The second-order valence-electron chi connectivity index (χ2n) is 5.92. The highest BCUT2D eigenvalue weighted by Gasteiger charge is 2.30. The van der Waals surface area contributed by atoms with Crippen molar-refractivity contribution in [2.24, 2.45) is 0 Å². The Bertz CT molecular complexity index is 936. The topological polar surface area (TPSA) is 53.4 Å². The number of hydrogen-bond donors (Lipinski definition) is 1. The third-order valence-corrected chi connectivity index (χ3v) is 4.58. The molecule has 1 saturated heterocycles. The van der Waals surface area contributed by atoms with Crippen LogP contribution in [0.4, 0.5) is 0 Å². The summed E-state index contributed by atoms with van der Waals surface area (Å²) < 4.78 is 0. The number of likely N-dealkylation sites (tertiary alicyclic amines) is 1. The van der Waals surface area contributed by atoms with Crippen LogP contribution in [0.3, 0.4) is 0 Å². The van der Waals surface area contributed by atoms with Crippen molar-refractivity contribution in [1.82, 2.24) is 9.88 Å². The predicted molar refractivity (Wildman–Crippen MR) is 94.1 cm³/mol. The molecule has 0 saturated carbocycles. The van der Waals surface area contributed by atoms with E-state index in [1.165, 1.54) is 0 Å². The van der Waals surface area contributed by atoms with Crippen molar-refractivity contribution < 1.29 is 9.90 Å². The number of halogens is 1. The zero-order valence-corrected chi connectivity index (χ0v) is 13.6. The molecular formula is C19H15ClN2O2. The van der Waals surface area contributed by atoms with Crippen LogP contribution < -0.4 is 0 Å². The lowest BCUT2D eigenvalue weighted by Gasteiger charge is -2.36. The van der Waals surface area contributed by atoms with Crippen LogP contribution >= 0.6 is 11.6 Å². The van der Waals surface area contributed by atoms with Gasteiger partial charge in [-0.1, -0.05) is 48.0 Å². The van der Waals surface area contributed by atoms with E-state index in [2.05, 4.69) is 4.98 Å². The summed E-state index contributed by atoms with van der Waals surface area (Å²) in [5.74, 6) is -0.0906. The summed E-state index contributed by atoms with van der Waals surface area (Å²) in [5.41, 5.74) is 2.80. The fraction of sp³-hybridized carbons (Fsp3) is 0.158. The third kappa shape index (κ3) is 2.54. The average molecular weight is 339 g/mol. The molecule has 24 heavy (non-hydrogen) atoms. The van der Waals surface area contributed by atoms with E-state index in [9.17, 15) is 9.90 Å². The Morgan fingerprint density at radius 3 is 2.58 bits per heavy atom. The second kappa shape index (κ2) is 5.89. The number of para-hydroxylation sites is 1. The van der Waals surface area contributed by atoms with Gasteiger partial charge in [-0.25, -0.2) is 4.98 Å². The molecule has 0 aliphatic carbocycles. The molecule has 1 aliphatic heterocycles. The monoisotopic (exact) mass is 338 g/mol. The number of pyridine rings is 1. The third-order valence-electron chi connectivity index (χ3n) is 4.25. The van der Waals surface area contributed by atoms with Crippen LogP contribution in [0.1, 0.15) is 10.4 Å². The summed E-state index contributed by atoms with van der Waals surface area (Å²) in [4.78, 5) is 19.1. The van der Waals surface area contributed by atoms with Gasteiger partial charge in [0.1, 0.15) is 0 Å². The van der Waals surface area contributed by atoms with Gasteiger partial charge in [-0.15, -0.1) is 0 Å². The quantitative estimate of drug-likeness (QED) is 0.779. The lowest BCUT2D eigenvalue weighted by Crippen LogP contribution is -2.53. The highest BCUT2D eigenvalue weighted by atomic mass is 35.5. The molecule has 1 aliphatic rings. The molecule has 1 fully saturated rings. The maximum atomic E-state index is 12.8. The fourth-order valence-electron chi connectivity index (χ4n) is 2.95. The Balaban J connectivity index is 1.88. The minimum Gasteiger partial charge on any atom is -0.389 e. The first kappa shape index (κ1) is 15.1. The van der Waals surface area contributed by atoms with Gasteiger partial charge in [-0.2, -0.15) is 0 Å². The largest absolute Gasteiger partial charge is 0.389 e. The highest BCUT2D eigenvalue weighted by molar-refractivity contribution is 6.33. The van der Waals surface area contributed by atoms with Crippen LogP contribution in [0.25, 0.3) is 22.2 Å². The maximum Gasteiger partial charge on any atom is 0.254 e. The van der Waals surface area contributed by atoms with Crippen molar-refractivity contribution in [2.45, 2.75) is 6.10 Å². The first-order chi connectivity index (χ1) is 11.6. The predicted octanol–water partition coefficient (Wildman–Crippen LogP) is 3.37. The van der Waals surface area contributed by atoms with Gasteiger partial charge in [0.2, 0.25) is 0 Å². The highest BCUT2D eigenvalue weighted by Crippen LogP contribution is 2.30. The second-order valence-corrected chi connectivity index (χ2v) is 6.32. The van der Waals surface area contributed by atoms with E-state index >= 15 is 0 Å². The fourth-order valence-corrected chi connectivity index (χ4v) is 3.18. The van der Waals surface area contributed by atoms with Crippen LogP contribution in [0, 0.1) is 0 Å². The number of nitrogens with zero attached hydrogens (tertiary/aromatic N) is 2. The number of aliphatic hydroxyl groups is 1. The number of amides is 1. The van der Waals surface area contributed by atoms with Crippen molar-refractivity contribution in [3.8, 4) is 11.3 Å². The molecule has 1 amide bonds. The van der Waals surface area contributed by atoms with Crippen molar-refractivity contribution in [2.75, 3.05) is 13.1 Å². The van der Waals surface area contributed by atoms with E-state index in [1.807, 2.05) is 42.5 Å². The zero-order valence-electron chi connectivity index (χ0n) is 12.8. The first-order valence-electron chi connectivity index (χ1n) is 7.75. The Hall–Kier alpha value is -2.43. The van der Waals surface area contributed by atoms with E-state index in [-0.39, 0.29) is 5.91 Å². The van der Waals surface area contributed by atoms with Crippen LogP contribution in [0.5, 0.6) is 0 Å². The summed E-state index contributed by atoms with van der Waals surface area (Å²) in [5, 5.41) is 10.9. The molecule has 120 valence electrons. The normalized spacial score (nSPS) is 14.7. The number of aliphatic hydroxyl groups excluding tert-OH is 1. The van der Waals surface area contributed by atoms with Gasteiger partial charge in [0, 0.05) is 29.1 Å². The van der Waals surface area contributed by atoms with E-state index in [0.717, 1.165) is 16.5 Å². The molecule has 3 aromatic rings. The number of carbonyl (C=O) groups excluding carboxylic acids is 1. The van der Waals surface area contributed by atoms with Crippen LogP contribution in [0.15, 0.2) is 54.6 Å². The summed E-state index contributed by atoms with van der Waals surface area (Å²) >= 11 is 6.29. The number of benzene rings is 2. The summed E-state index contributed by atoms with van der Waals surface area (Å²) in [7, 11) is 0. The molecule has 0 radical (unpaired) electrons. The Kier molecular flexibility index (Phi) is 3.71. The van der Waals surface area contributed by atoms with E-state index in [0.29, 0.717) is 29.4 Å². The minimum atomic E-state index is -0.426. The van der Waals surface area contributed by atoms with Gasteiger partial charge >= 0.3 is 0 Å². The van der Waals surface area contributed by atoms with Crippen molar-refractivity contribution in [3.05, 3.63) is 65.2 Å². The van der Waals surface area contributed by atoms with Crippen molar-refractivity contribution in [3.63, 3.8) is 0 Å². The van der Waals surface area contributed by atoms with Gasteiger partial charge in [0.05, 0.1) is 22.9 Å². The zero-order chi connectivity index (χ0) is 16.7. The first-order valence-corrected chi connectivity index (χ1v) is 8.13. The summed E-state index contributed by atoms with van der Waals surface area (Å²) in [6.07, 6.45) is -0.426. The molecule has 2 heterocycles. The van der Waals surface area contributed by atoms with E-state index in [1.54, 1.807) is 17.0 Å². The van der Waals surface area contributed by atoms with E-state index < -0.39 is 6.10 Å². The average Bonchev–Trinajstić information content (AvgIpc) is 2.58. The Labute approximate surface area is 144 Å². The van der Waals surface area contributed by atoms with E-state index in [4.69, 9.17) is 11.6 Å². The molecule has 0 unspecified atom stereocenters. The number of rotatable bonds is 2. The molecule has 0 spiro atoms. The van der Waals surface area contributed by atoms with Gasteiger partial charge < -0.3 is 10.0 Å². The van der Waals surface area contributed by atoms with Crippen LogP contribution in [-0.2, 0) is 0 Å². The minimum absolute atomic E-state index is 0.0906. The molecule has 1 aromatic heterocycles. The summed E-state index contributed by atoms with van der Waals surface area (Å²) in [6, 6.07) is 16.8. The molecule has 0 atom stereocenters. The number of carbonyl (C=O) groups is 1. The SMILES string of the molecule is O=C(c1cc(-c2ccccc2Cl)nc2ccccc12)N1CC(O)C1. The van der Waals surface area contributed by atoms with Gasteiger partial charge in [-0.05, 0) is 18.2 Å². The van der Waals surface area contributed by atoms with Gasteiger partial charge in [-0.3, -0.25) is 4.79 Å². The molecule has 4 nitrogen and oxygen atoms in total. The standard InChI is InChI=1S/C19H15ClN2O2/c20-16-7-3-1-6-14(16)18-9-15(19(24)22-10-12(23)11-22)13-5-2-4-8-17(13)21-18/h1-9,12,23H,10-11H2. The van der Waals surface area contributed by atoms with Crippen molar-refractivity contribution >= 4 is 28.4 Å². The van der Waals surface area contributed by atoms with Gasteiger partial charge in [0.15, 0.2) is 0 Å². The lowest BCUT2D eigenvalue weighted by atomic mass is 10.0. The lowest BCUT2D eigenvalue weighted by molar-refractivity contribution is 0.00603. The molecule has 1 N–H and O–H groups in total. The summed E-state index contributed by atoms with van der Waals surface area (Å²) in [6.45, 7) is 0.744. The number of hydrogen-bond acceptors (Lipinski definition) is 3. The molecular weight excluding hydrogens is 324 g/mol. The van der Waals surface area contributed by atoms with Gasteiger partial charge in [0.25, 0.3) is 5.91 Å². The molecule has 5 heteroatoms. The number of fused-ring (bicyclic) bond motifs is 1. The Morgan fingerprint density at radius 2 is 1.83 bits per heavy atom. The Morgan fingerprint density at radius 1 is 1.12 bits per heavy atom. The molecule has 0 bridgehead atoms. The number of β-amino-alcohol motifs (C(OH)–C–C–N with tert-alkyl or cyclic N) is 1. The molecule has 4 rings (SSSR count). The maximum absolute atomic E-state index is 12.8. The molecule has 2 aromatic carbocycles. The van der Waals surface area contributed by atoms with Crippen molar-refractivity contribution in [1.29, 1.82) is 0 Å². The van der Waals surface area contributed by atoms with Crippen LogP contribution in [-0.4, -0.2) is 40.1 Å². The number of aromatic nitrogens is 1. The van der Waals surface area contributed by atoms with Crippen LogP contribution in [0.2, 0.25) is 5.02 Å².